The largest absolute Gasteiger partial charge is 0.264 e. The second-order valence-corrected chi connectivity index (χ2v) is 4.40. The lowest BCUT2D eigenvalue weighted by Gasteiger charge is -2.04. The van der Waals surface area contributed by atoms with Gasteiger partial charge < -0.3 is 0 Å². The zero-order chi connectivity index (χ0) is 13.8. The van der Waals surface area contributed by atoms with E-state index in [0.29, 0.717) is 11.0 Å². The van der Waals surface area contributed by atoms with Crippen LogP contribution in [-0.4, -0.2) is 21.4 Å². The van der Waals surface area contributed by atoms with Crippen molar-refractivity contribution < 1.29 is 0 Å². The fourth-order valence-electron chi connectivity index (χ4n) is 1.77. The third-order valence-corrected chi connectivity index (χ3v) is 2.99. The normalized spacial score (nSPS) is 11.1. The van der Waals surface area contributed by atoms with Gasteiger partial charge in [-0.25, -0.2) is 0 Å². The van der Waals surface area contributed by atoms with Crippen LogP contribution in [0.4, 0.5) is 5.82 Å². The number of hydrogen-bond donors (Lipinski definition) is 1. The van der Waals surface area contributed by atoms with Crippen LogP contribution in [-0.2, 0) is 0 Å². The Hall–Kier alpha value is -2.53. The minimum absolute atomic E-state index is 0.377. The number of nitrogens with one attached hydrogen (secondary N) is 1. The summed E-state index contributed by atoms with van der Waals surface area (Å²) >= 11 is 6.01. The van der Waals surface area contributed by atoms with Crippen molar-refractivity contribution in [1.82, 2.24) is 15.2 Å². The SMILES string of the molecule is Clc1nnc(NN=Cc2cccnc2)c2ccccc12. The first-order valence-corrected chi connectivity index (χ1v) is 6.32. The maximum Gasteiger partial charge on any atom is 0.176 e. The zero-order valence-corrected chi connectivity index (χ0v) is 11.1. The lowest BCUT2D eigenvalue weighted by molar-refractivity contribution is 1.04. The van der Waals surface area contributed by atoms with Crippen molar-refractivity contribution >= 4 is 34.4 Å². The molecule has 98 valence electrons. The van der Waals surface area contributed by atoms with Crippen molar-refractivity contribution in [2.75, 3.05) is 5.43 Å². The first-order chi connectivity index (χ1) is 9.84. The number of hydrogen-bond acceptors (Lipinski definition) is 5. The maximum absolute atomic E-state index is 6.01. The van der Waals surface area contributed by atoms with Crippen molar-refractivity contribution in [2.45, 2.75) is 0 Å². The van der Waals surface area contributed by atoms with Gasteiger partial charge in [-0.2, -0.15) is 5.10 Å². The van der Waals surface area contributed by atoms with Crippen LogP contribution >= 0.6 is 11.6 Å². The van der Waals surface area contributed by atoms with Crippen molar-refractivity contribution in [3.05, 3.63) is 59.5 Å². The van der Waals surface area contributed by atoms with Crippen LogP contribution in [0, 0.1) is 0 Å². The standard InChI is InChI=1S/C14H10ClN5/c15-13-11-5-1-2-6-12(11)14(20-18-13)19-17-9-10-4-3-7-16-8-10/h1-9H,(H,19,20). The third-order valence-electron chi connectivity index (χ3n) is 2.71. The average molecular weight is 284 g/mol. The molecule has 0 aliphatic heterocycles. The summed E-state index contributed by atoms with van der Waals surface area (Å²) in [6.07, 6.45) is 5.10. The lowest BCUT2D eigenvalue weighted by Crippen LogP contribution is -1.97. The second-order valence-electron chi connectivity index (χ2n) is 4.04. The van der Waals surface area contributed by atoms with Gasteiger partial charge in [-0.3, -0.25) is 10.4 Å². The molecule has 2 heterocycles. The Kier molecular flexibility index (Phi) is 3.52. The van der Waals surface area contributed by atoms with Crippen LogP contribution in [0.15, 0.2) is 53.9 Å². The highest BCUT2D eigenvalue weighted by atomic mass is 35.5. The predicted octanol–water partition coefficient (Wildman–Crippen LogP) is 3.12. The number of aromatic nitrogens is 3. The zero-order valence-electron chi connectivity index (χ0n) is 10.4. The molecule has 3 rings (SSSR count). The molecule has 20 heavy (non-hydrogen) atoms. The highest BCUT2D eigenvalue weighted by molar-refractivity contribution is 6.34. The Bertz CT molecular complexity index is 758. The van der Waals surface area contributed by atoms with E-state index >= 15 is 0 Å². The summed E-state index contributed by atoms with van der Waals surface area (Å²) in [5.41, 5.74) is 3.77. The summed E-state index contributed by atoms with van der Waals surface area (Å²) in [5.74, 6) is 0.560. The number of pyridine rings is 1. The van der Waals surface area contributed by atoms with E-state index in [-0.39, 0.29) is 0 Å². The first kappa shape index (κ1) is 12.5. The Balaban J connectivity index is 1.89. The van der Waals surface area contributed by atoms with E-state index < -0.39 is 0 Å². The smallest absolute Gasteiger partial charge is 0.176 e. The molecular weight excluding hydrogens is 274 g/mol. The molecule has 0 aliphatic carbocycles. The van der Waals surface area contributed by atoms with Gasteiger partial charge in [0, 0.05) is 28.7 Å². The molecule has 0 unspecified atom stereocenters. The number of benzene rings is 1. The Morgan fingerprint density at radius 3 is 2.70 bits per heavy atom. The number of rotatable bonds is 3. The fourth-order valence-corrected chi connectivity index (χ4v) is 1.98. The highest BCUT2D eigenvalue weighted by Gasteiger charge is 2.05. The molecule has 5 nitrogen and oxygen atoms in total. The van der Waals surface area contributed by atoms with Crippen LogP contribution in [0.1, 0.15) is 5.56 Å². The molecule has 1 aromatic carbocycles. The minimum Gasteiger partial charge on any atom is -0.264 e. The molecule has 0 fully saturated rings. The van der Waals surface area contributed by atoms with Crippen LogP contribution in [0.5, 0.6) is 0 Å². The van der Waals surface area contributed by atoms with E-state index in [1.807, 2.05) is 36.4 Å². The molecule has 0 spiro atoms. The molecule has 0 aliphatic rings. The second kappa shape index (κ2) is 5.63. The molecule has 0 saturated carbocycles. The minimum atomic E-state index is 0.377. The molecule has 0 amide bonds. The quantitative estimate of drug-likeness (QED) is 0.592. The summed E-state index contributed by atoms with van der Waals surface area (Å²) in [6, 6.07) is 11.4. The van der Waals surface area contributed by atoms with Crippen molar-refractivity contribution in [2.24, 2.45) is 5.10 Å². The molecule has 0 radical (unpaired) electrons. The molecular formula is C14H10ClN5. The fraction of sp³-hybridized carbons (Fsp3) is 0. The molecule has 2 aromatic heterocycles. The van der Waals surface area contributed by atoms with Gasteiger partial charge in [0.1, 0.15) is 0 Å². The topological polar surface area (TPSA) is 63.1 Å². The van der Waals surface area contributed by atoms with E-state index in [2.05, 4.69) is 25.7 Å². The summed E-state index contributed by atoms with van der Waals surface area (Å²) < 4.78 is 0. The van der Waals surface area contributed by atoms with Gasteiger partial charge in [-0.05, 0) is 6.07 Å². The van der Waals surface area contributed by atoms with E-state index in [1.165, 1.54) is 0 Å². The molecule has 0 bridgehead atoms. The van der Waals surface area contributed by atoms with E-state index in [0.717, 1.165) is 16.3 Å². The average Bonchev–Trinajstić information content (AvgIpc) is 2.51. The van der Waals surface area contributed by atoms with Crippen molar-refractivity contribution in [3.63, 3.8) is 0 Å². The Labute approximate surface area is 120 Å². The molecule has 6 heteroatoms. The van der Waals surface area contributed by atoms with Crippen LogP contribution in [0.3, 0.4) is 0 Å². The van der Waals surface area contributed by atoms with Gasteiger partial charge in [0.05, 0.1) is 6.21 Å². The number of anilines is 1. The van der Waals surface area contributed by atoms with E-state index in [1.54, 1.807) is 18.6 Å². The van der Waals surface area contributed by atoms with Gasteiger partial charge in [0.2, 0.25) is 0 Å². The third kappa shape index (κ3) is 2.57. The van der Waals surface area contributed by atoms with E-state index in [4.69, 9.17) is 11.6 Å². The number of hydrazone groups is 1. The van der Waals surface area contributed by atoms with Gasteiger partial charge >= 0.3 is 0 Å². The molecule has 0 atom stereocenters. The van der Waals surface area contributed by atoms with Gasteiger partial charge in [-0.1, -0.05) is 41.9 Å². The summed E-state index contributed by atoms with van der Waals surface area (Å²) in [4.78, 5) is 4.01. The predicted molar refractivity (Wildman–Crippen MR) is 80.0 cm³/mol. The maximum atomic E-state index is 6.01. The molecule has 3 aromatic rings. The molecule has 0 saturated heterocycles. The Morgan fingerprint density at radius 2 is 1.90 bits per heavy atom. The lowest BCUT2D eigenvalue weighted by atomic mass is 10.2. The van der Waals surface area contributed by atoms with Crippen molar-refractivity contribution in [1.29, 1.82) is 0 Å². The monoisotopic (exact) mass is 283 g/mol. The summed E-state index contributed by atoms with van der Waals surface area (Å²) in [6.45, 7) is 0. The summed E-state index contributed by atoms with van der Waals surface area (Å²) in [5, 5.41) is 14.1. The van der Waals surface area contributed by atoms with Gasteiger partial charge in [-0.15, -0.1) is 10.2 Å². The summed E-state index contributed by atoms with van der Waals surface area (Å²) in [7, 11) is 0. The number of nitrogens with zero attached hydrogens (tertiary/aromatic N) is 4. The van der Waals surface area contributed by atoms with Crippen LogP contribution in [0.2, 0.25) is 5.15 Å². The number of fused-ring (bicyclic) bond motifs is 1. The van der Waals surface area contributed by atoms with Crippen LogP contribution < -0.4 is 5.43 Å². The van der Waals surface area contributed by atoms with Gasteiger partial charge in [0.15, 0.2) is 11.0 Å². The van der Waals surface area contributed by atoms with Crippen molar-refractivity contribution in [3.8, 4) is 0 Å². The highest BCUT2D eigenvalue weighted by Crippen LogP contribution is 2.25. The molecule has 1 N–H and O–H groups in total. The number of halogens is 1. The van der Waals surface area contributed by atoms with Crippen LogP contribution in [0.25, 0.3) is 10.8 Å². The Morgan fingerprint density at radius 1 is 1.05 bits per heavy atom. The first-order valence-electron chi connectivity index (χ1n) is 5.94. The van der Waals surface area contributed by atoms with E-state index in [9.17, 15) is 0 Å². The van der Waals surface area contributed by atoms with Gasteiger partial charge in [0.25, 0.3) is 0 Å².